The Kier molecular flexibility index (Phi) is 1.90. The molecule has 0 aliphatic carbocycles. The van der Waals surface area contributed by atoms with Crippen LogP contribution in [0.15, 0.2) is 14.0 Å². The fourth-order valence-electron chi connectivity index (χ4n) is 1.58. The highest BCUT2D eigenvalue weighted by molar-refractivity contribution is 7.14. The van der Waals surface area contributed by atoms with Gasteiger partial charge in [0.05, 0.1) is 0 Å². The first-order valence-corrected chi connectivity index (χ1v) is 5.49. The van der Waals surface area contributed by atoms with Crippen molar-refractivity contribution in [2.75, 3.05) is 0 Å². The molecule has 3 aromatic rings. The summed E-state index contributed by atoms with van der Waals surface area (Å²) in [5.41, 5.74) is -0.784. The molecule has 3 rings (SSSR count). The Labute approximate surface area is 97.5 Å². The molecule has 0 aliphatic rings. The molecule has 0 aromatic carbocycles. The van der Waals surface area contributed by atoms with Gasteiger partial charge in [0.1, 0.15) is 15.9 Å². The van der Waals surface area contributed by atoms with Crippen LogP contribution in [0.3, 0.4) is 0 Å². The second-order valence-electron chi connectivity index (χ2n) is 3.54. The first-order valence-electron chi connectivity index (χ1n) is 4.72. The zero-order chi connectivity index (χ0) is 12.2. The van der Waals surface area contributed by atoms with Crippen LogP contribution >= 0.6 is 11.5 Å². The van der Waals surface area contributed by atoms with Crippen LogP contribution in [0.5, 0.6) is 0 Å². The summed E-state index contributed by atoms with van der Waals surface area (Å²) in [5.74, 6) is 0.475. The van der Waals surface area contributed by atoms with Gasteiger partial charge in [0.25, 0.3) is 5.56 Å². The summed E-state index contributed by atoms with van der Waals surface area (Å²) in [6.45, 7) is 1.66. The molecule has 0 fully saturated rings. The van der Waals surface area contributed by atoms with Gasteiger partial charge in [-0.15, -0.1) is 5.10 Å². The van der Waals surface area contributed by atoms with E-state index < -0.39 is 5.63 Å². The van der Waals surface area contributed by atoms with Crippen molar-refractivity contribution >= 4 is 32.8 Å². The lowest BCUT2D eigenvalue weighted by atomic mass is 10.3. The molecule has 0 aliphatic heterocycles. The molecule has 0 unspecified atom stereocenters. The molecule has 0 N–H and O–H groups in total. The van der Waals surface area contributed by atoms with Crippen LogP contribution in [0, 0.1) is 6.92 Å². The van der Waals surface area contributed by atoms with Crippen LogP contribution in [0.4, 0.5) is 0 Å². The predicted molar refractivity (Wildman–Crippen MR) is 61.2 cm³/mol. The first kappa shape index (κ1) is 10.1. The van der Waals surface area contributed by atoms with Gasteiger partial charge in [-0.2, -0.15) is 4.98 Å². The Morgan fingerprint density at radius 2 is 2.12 bits per heavy atom. The monoisotopic (exact) mass is 250 g/mol. The third kappa shape index (κ3) is 1.24. The van der Waals surface area contributed by atoms with Gasteiger partial charge >= 0.3 is 5.63 Å². The minimum atomic E-state index is -0.624. The summed E-state index contributed by atoms with van der Waals surface area (Å²) in [6, 6.07) is 0. The summed E-state index contributed by atoms with van der Waals surface area (Å²) in [7, 11) is 1.61. The van der Waals surface area contributed by atoms with Crippen molar-refractivity contribution in [1.82, 2.24) is 19.1 Å². The van der Waals surface area contributed by atoms with Gasteiger partial charge in [-0.25, -0.2) is 4.79 Å². The van der Waals surface area contributed by atoms with Crippen molar-refractivity contribution in [1.29, 1.82) is 0 Å². The average Bonchev–Trinajstić information content (AvgIpc) is 2.75. The van der Waals surface area contributed by atoms with E-state index in [9.17, 15) is 9.59 Å². The predicted octanol–water partition coefficient (Wildman–Crippen LogP) is 0.200. The Hall–Kier alpha value is -2.09. The Balaban J connectivity index is 2.76. The maximum absolute atomic E-state index is 12.1. The maximum atomic E-state index is 12.1. The Morgan fingerprint density at radius 3 is 2.88 bits per heavy atom. The molecule has 0 amide bonds. The van der Waals surface area contributed by atoms with E-state index in [-0.39, 0.29) is 22.2 Å². The van der Waals surface area contributed by atoms with Crippen molar-refractivity contribution < 1.29 is 4.42 Å². The summed E-state index contributed by atoms with van der Waals surface area (Å²) < 4.78 is 10.4. The van der Waals surface area contributed by atoms with E-state index in [0.29, 0.717) is 10.5 Å². The molecule has 86 valence electrons. The number of aryl methyl sites for hydroxylation is 1. The fourth-order valence-corrected chi connectivity index (χ4v) is 2.26. The van der Waals surface area contributed by atoms with Gasteiger partial charge in [-0.1, -0.05) is 4.49 Å². The summed E-state index contributed by atoms with van der Waals surface area (Å²) >= 11 is 0.985. The second-order valence-corrected chi connectivity index (χ2v) is 4.30. The molecule has 0 saturated carbocycles. The second kappa shape index (κ2) is 3.20. The highest BCUT2D eigenvalue weighted by atomic mass is 32.1. The summed E-state index contributed by atoms with van der Waals surface area (Å²) in [6.07, 6.45) is 0. The highest BCUT2D eigenvalue weighted by Gasteiger charge is 2.16. The molecule has 8 heteroatoms. The number of hydrogen-bond donors (Lipinski definition) is 0. The number of hydrogen-bond acceptors (Lipinski definition) is 7. The van der Waals surface area contributed by atoms with Crippen LogP contribution < -0.4 is 11.2 Å². The molecule has 0 saturated heterocycles. The minimum Gasteiger partial charge on any atom is -0.402 e. The van der Waals surface area contributed by atoms with E-state index in [0.717, 1.165) is 11.5 Å². The SMILES string of the molecule is Cc1nc2oc(=O)c3nnsc3c2c(=O)n1C. The van der Waals surface area contributed by atoms with Gasteiger partial charge in [0, 0.05) is 7.05 Å². The van der Waals surface area contributed by atoms with Crippen molar-refractivity contribution in [3.63, 3.8) is 0 Å². The highest BCUT2D eigenvalue weighted by Crippen LogP contribution is 2.19. The van der Waals surface area contributed by atoms with Crippen LogP contribution in [0.2, 0.25) is 0 Å². The van der Waals surface area contributed by atoms with Crippen molar-refractivity contribution in [3.05, 3.63) is 26.6 Å². The summed E-state index contributed by atoms with van der Waals surface area (Å²) in [5, 5.41) is 3.90. The van der Waals surface area contributed by atoms with E-state index in [2.05, 4.69) is 14.6 Å². The Morgan fingerprint density at radius 1 is 1.35 bits per heavy atom. The molecule has 3 heterocycles. The lowest BCUT2D eigenvalue weighted by Crippen LogP contribution is -2.21. The lowest BCUT2D eigenvalue weighted by Gasteiger charge is -2.03. The smallest absolute Gasteiger partial charge is 0.367 e. The van der Waals surface area contributed by atoms with Gasteiger partial charge < -0.3 is 4.42 Å². The number of nitrogens with zero attached hydrogens (tertiary/aromatic N) is 4. The van der Waals surface area contributed by atoms with Gasteiger partial charge in [-0.3, -0.25) is 9.36 Å². The first-order chi connectivity index (χ1) is 8.09. The van der Waals surface area contributed by atoms with Crippen LogP contribution in [0.1, 0.15) is 5.82 Å². The van der Waals surface area contributed by atoms with Crippen LogP contribution in [0.25, 0.3) is 21.3 Å². The van der Waals surface area contributed by atoms with Gasteiger partial charge in [-0.05, 0) is 18.5 Å². The molecule has 17 heavy (non-hydrogen) atoms. The third-order valence-electron chi connectivity index (χ3n) is 2.58. The minimum absolute atomic E-state index is 0.0363. The number of rotatable bonds is 0. The zero-order valence-electron chi connectivity index (χ0n) is 8.92. The standard InChI is InChI=1S/C9H6N4O3S/c1-3-10-7-4(8(14)13(3)2)6-5(9(15)16-7)11-12-17-6/h1-2H3. The summed E-state index contributed by atoms with van der Waals surface area (Å²) in [4.78, 5) is 27.7. The van der Waals surface area contributed by atoms with Crippen LogP contribution in [-0.4, -0.2) is 19.1 Å². The van der Waals surface area contributed by atoms with E-state index in [4.69, 9.17) is 4.42 Å². The van der Waals surface area contributed by atoms with Crippen molar-refractivity contribution in [2.45, 2.75) is 6.92 Å². The molecule has 7 nitrogen and oxygen atoms in total. The largest absolute Gasteiger partial charge is 0.402 e. The van der Waals surface area contributed by atoms with Crippen molar-refractivity contribution in [3.8, 4) is 0 Å². The molecular formula is C9H6N4O3S. The quantitative estimate of drug-likeness (QED) is 0.566. The molecule has 0 atom stereocenters. The molecule has 0 bridgehead atoms. The number of aromatic nitrogens is 4. The molecular weight excluding hydrogens is 244 g/mol. The average molecular weight is 250 g/mol. The maximum Gasteiger partial charge on any atom is 0.367 e. The fraction of sp³-hybridized carbons (Fsp3) is 0.222. The molecule has 0 radical (unpaired) electrons. The lowest BCUT2D eigenvalue weighted by molar-refractivity contribution is 0.550. The zero-order valence-corrected chi connectivity index (χ0v) is 9.74. The Bertz CT molecular complexity index is 860. The molecule has 3 aromatic heterocycles. The van der Waals surface area contributed by atoms with E-state index >= 15 is 0 Å². The molecule has 0 spiro atoms. The number of fused-ring (bicyclic) bond motifs is 3. The van der Waals surface area contributed by atoms with E-state index in [1.807, 2.05) is 0 Å². The normalized spacial score (nSPS) is 11.4. The third-order valence-corrected chi connectivity index (χ3v) is 3.32. The van der Waals surface area contributed by atoms with Crippen molar-refractivity contribution in [2.24, 2.45) is 7.05 Å². The van der Waals surface area contributed by atoms with Gasteiger partial charge in [0.15, 0.2) is 5.52 Å². The van der Waals surface area contributed by atoms with E-state index in [1.54, 1.807) is 14.0 Å². The topological polar surface area (TPSA) is 90.9 Å². The van der Waals surface area contributed by atoms with E-state index in [1.165, 1.54) is 4.57 Å². The van der Waals surface area contributed by atoms with Crippen LogP contribution in [-0.2, 0) is 7.05 Å². The van der Waals surface area contributed by atoms with Gasteiger partial charge in [0.2, 0.25) is 5.71 Å².